The lowest BCUT2D eigenvalue weighted by molar-refractivity contribution is 0.569. The molecule has 1 aliphatic rings. The standard InChI is InChI=1S/C15H13F2NO2S/c16-10-5-6-15-11(9-10)13(7-8-21(15,19)20)18-14-4-2-1-3-12(14)17/h1-6,9,13,18H,7-8H2. The van der Waals surface area contributed by atoms with Crippen molar-refractivity contribution in [1.82, 2.24) is 0 Å². The molecular weight excluding hydrogens is 296 g/mol. The number of nitrogens with one attached hydrogen (secondary N) is 1. The Morgan fingerprint density at radius 1 is 1.10 bits per heavy atom. The van der Waals surface area contributed by atoms with Crippen LogP contribution in [-0.4, -0.2) is 14.2 Å². The zero-order valence-corrected chi connectivity index (χ0v) is 11.8. The molecule has 0 fully saturated rings. The number of benzene rings is 2. The van der Waals surface area contributed by atoms with Gasteiger partial charge in [-0.05, 0) is 42.3 Å². The number of halogens is 2. The number of anilines is 1. The molecule has 1 heterocycles. The van der Waals surface area contributed by atoms with E-state index < -0.39 is 27.5 Å². The van der Waals surface area contributed by atoms with Crippen LogP contribution in [0.4, 0.5) is 14.5 Å². The van der Waals surface area contributed by atoms with Gasteiger partial charge in [0.25, 0.3) is 0 Å². The third-order valence-corrected chi connectivity index (χ3v) is 5.38. The van der Waals surface area contributed by atoms with E-state index in [1.54, 1.807) is 18.2 Å². The Labute approximate surface area is 121 Å². The lowest BCUT2D eigenvalue weighted by Crippen LogP contribution is -2.25. The summed E-state index contributed by atoms with van der Waals surface area (Å²) >= 11 is 0. The van der Waals surface area contributed by atoms with Gasteiger partial charge < -0.3 is 5.32 Å². The zero-order valence-electron chi connectivity index (χ0n) is 11.0. The lowest BCUT2D eigenvalue weighted by Gasteiger charge is -2.27. The summed E-state index contributed by atoms with van der Waals surface area (Å²) in [5, 5.41) is 2.96. The highest BCUT2D eigenvalue weighted by atomic mass is 32.2. The van der Waals surface area contributed by atoms with E-state index in [2.05, 4.69) is 5.32 Å². The van der Waals surface area contributed by atoms with Gasteiger partial charge in [-0.3, -0.25) is 0 Å². The number of rotatable bonds is 2. The third-order valence-electron chi connectivity index (χ3n) is 3.56. The molecule has 2 aromatic carbocycles. The van der Waals surface area contributed by atoms with Gasteiger partial charge in [-0.2, -0.15) is 0 Å². The molecule has 21 heavy (non-hydrogen) atoms. The molecule has 0 saturated heterocycles. The first kappa shape index (κ1) is 14.0. The van der Waals surface area contributed by atoms with Crippen molar-refractivity contribution in [2.45, 2.75) is 17.4 Å². The molecule has 0 radical (unpaired) electrons. The van der Waals surface area contributed by atoms with E-state index in [0.29, 0.717) is 5.56 Å². The van der Waals surface area contributed by atoms with Crippen LogP contribution >= 0.6 is 0 Å². The Hall–Kier alpha value is -1.95. The molecule has 0 aliphatic carbocycles. The third kappa shape index (κ3) is 2.63. The largest absolute Gasteiger partial charge is 0.376 e. The minimum atomic E-state index is -3.39. The highest BCUT2D eigenvalue weighted by molar-refractivity contribution is 7.91. The molecule has 0 amide bonds. The van der Waals surface area contributed by atoms with Crippen molar-refractivity contribution in [2.75, 3.05) is 11.1 Å². The molecule has 0 bridgehead atoms. The Morgan fingerprint density at radius 3 is 2.62 bits per heavy atom. The molecule has 0 spiro atoms. The van der Waals surface area contributed by atoms with Gasteiger partial charge in [-0.25, -0.2) is 17.2 Å². The van der Waals surface area contributed by atoms with E-state index >= 15 is 0 Å². The van der Waals surface area contributed by atoms with Crippen LogP contribution in [0.1, 0.15) is 18.0 Å². The van der Waals surface area contributed by atoms with Crippen molar-refractivity contribution >= 4 is 15.5 Å². The molecule has 110 valence electrons. The van der Waals surface area contributed by atoms with Crippen molar-refractivity contribution < 1.29 is 17.2 Å². The van der Waals surface area contributed by atoms with Crippen LogP contribution < -0.4 is 5.32 Å². The van der Waals surface area contributed by atoms with Crippen molar-refractivity contribution in [3.8, 4) is 0 Å². The maximum Gasteiger partial charge on any atom is 0.178 e. The number of sulfone groups is 1. The molecule has 0 saturated carbocycles. The lowest BCUT2D eigenvalue weighted by atomic mass is 10.0. The highest BCUT2D eigenvalue weighted by Gasteiger charge is 2.30. The average Bonchev–Trinajstić information content (AvgIpc) is 2.44. The van der Waals surface area contributed by atoms with Gasteiger partial charge in [0.1, 0.15) is 11.6 Å². The SMILES string of the molecule is O=S1(=O)CCC(Nc2ccccc2F)c2cc(F)ccc21. The first-order chi connectivity index (χ1) is 9.97. The predicted molar refractivity (Wildman–Crippen MR) is 75.8 cm³/mol. The second kappa shape index (κ2) is 5.11. The molecule has 3 rings (SSSR count). The minimum Gasteiger partial charge on any atom is -0.376 e. The maximum absolute atomic E-state index is 13.7. The van der Waals surface area contributed by atoms with Crippen LogP contribution in [0, 0.1) is 11.6 Å². The first-order valence-electron chi connectivity index (χ1n) is 6.51. The van der Waals surface area contributed by atoms with Crippen LogP contribution in [-0.2, 0) is 9.84 Å². The number of hydrogen-bond donors (Lipinski definition) is 1. The van der Waals surface area contributed by atoms with E-state index in [4.69, 9.17) is 0 Å². The Bertz CT molecular complexity index is 790. The van der Waals surface area contributed by atoms with E-state index in [-0.39, 0.29) is 22.8 Å². The van der Waals surface area contributed by atoms with Gasteiger partial charge >= 0.3 is 0 Å². The van der Waals surface area contributed by atoms with Crippen LogP contribution in [0.25, 0.3) is 0 Å². The predicted octanol–water partition coefficient (Wildman–Crippen LogP) is 3.30. The van der Waals surface area contributed by atoms with Crippen molar-refractivity contribution in [1.29, 1.82) is 0 Å². The summed E-state index contributed by atoms with van der Waals surface area (Å²) in [7, 11) is -3.39. The first-order valence-corrected chi connectivity index (χ1v) is 8.16. The fourth-order valence-electron chi connectivity index (χ4n) is 2.53. The Morgan fingerprint density at radius 2 is 1.86 bits per heavy atom. The second-order valence-electron chi connectivity index (χ2n) is 4.97. The number of para-hydroxylation sites is 1. The van der Waals surface area contributed by atoms with Gasteiger partial charge in [-0.1, -0.05) is 12.1 Å². The molecule has 1 aliphatic heterocycles. The summed E-state index contributed by atoms with van der Waals surface area (Å²) < 4.78 is 51.2. The van der Waals surface area contributed by atoms with Gasteiger partial charge in [0, 0.05) is 0 Å². The zero-order chi connectivity index (χ0) is 15.0. The second-order valence-corrected chi connectivity index (χ2v) is 7.04. The van der Waals surface area contributed by atoms with Gasteiger partial charge in [-0.15, -0.1) is 0 Å². The normalized spacial score (nSPS) is 19.8. The summed E-state index contributed by atoms with van der Waals surface area (Å²) in [6, 6.07) is 9.29. The van der Waals surface area contributed by atoms with Crippen LogP contribution in [0.2, 0.25) is 0 Å². The topological polar surface area (TPSA) is 46.2 Å². The Balaban J connectivity index is 2.03. The molecule has 3 nitrogen and oxygen atoms in total. The summed E-state index contributed by atoms with van der Waals surface area (Å²) in [6.07, 6.45) is 0.271. The summed E-state index contributed by atoms with van der Waals surface area (Å²) in [5.74, 6) is -0.979. The van der Waals surface area contributed by atoms with Crippen molar-refractivity contribution in [3.63, 3.8) is 0 Å². The minimum absolute atomic E-state index is 0.0439. The molecular formula is C15H13F2NO2S. The average molecular weight is 309 g/mol. The maximum atomic E-state index is 13.7. The molecule has 0 aromatic heterocycles. The smallest absolute Gasteiger partial charge is 0.178 e. The van der Waals surface area contributed by atoms with Crippen molar-refractivity contribution in [2.24, 2.45) is 0 Å². The number of fused-ring (bicyclic) bond motifs is 1. The van der Waals surface area contributed by atoms with Gasteiger partial charge in [0.15, 0.2) is 9.84 Å². The summed E-state index contributed by atoms with van der Waals surface area (Å²) in [4.78, 5) is 0.115. The summed E-state index contributed by atoms with van der Waals surface area (Å²) in [5.41, 5.74) is 0.626. The van der Waals surface area contributed by atoms with E-state index in [0.717, 1.165) is 6.07 Å². The highest BCUT2D eigenvalue weighted by Crippen LogP contribution is 2.35. The molecule has 1 N–H and O–H groups in total. The molecule has 1 unspecified atom stereocenters. The van der Waals surface area contributed by atoms with Crippen LogP contribution in [0.3, 0.4) is 0 Å². The van der Waals surface area contributed by atoms with E-state index in [9.17, 15) is 17.2 Å². The molecule has 1 atom stereocenters. The van der Waals surface area contributed by atoms with Gasteiger partial charge in [0.2, 0.25) is 0 Å². The van der Waals surface area contributed by atoms with E-state index in [1.165, 1.54) is 18.2 Å². The van der Waals surface area contributed by atoms with E-state index in [1.807, 2.05) is 0 Å². The summed E-state index contributed by atoms with van der Waals surface area (Å²) in [6.45, 7) is 0. The fourth-order valence-corrected chi connectivity index (χ4v) is 4.13. The van der Waals surface area contributed by atoms with Gasteiger partial charge in [0.05, 0.1) is 22.4 Å². The quantitative estimate of drug-likeness (QED) is 0.866. The molecule has 6 heteroatoms. The molecule has 2 aromatic rings. The fraction of sp³-hybridized carbons (Fsp3) is 0.200. The monoisotopic (exact) mass is 309 g/mol. The Kier molecular flexibility index (Phi) is 3.41. The van der Waals surface area contributed by atoms with Crippen LogP contribution in [0.5, 0.6) is 0 Å². The van der Waals surface area contributed by atoms with Crippen molar-refractivity contribution in [3.05, 3.63) is 59.7 Å². The van der Waals surface area contributed by atoms with Crippen LogP contribution in [0.15, 0.2) is 47.4 Å². The number of hydrogen-bond acceptors (Lipinski definition) is 3.